The summed E-state index contributed by atoms with van der Waals surface area (Å²) in [6.45, 7) is 3.87. The Balaban J connectivity index is 1.60. The highest BCUT2D eigenvalue weighted by Gasteiger charge is 2.17. The third-order valence-electron chi connectivity index (χ3n) is 3.73. The Labute approximate surface area is 150 Å². The number of nitrogens with zero attached hydrogens (tertiary/aromatic N) is 2. The quantitative estimate of drug-likeness (QED) is 0.675. The first kappa shape index (κ1) is 17.5. The maximum Gasteiger partial charge on any atom is 0.273 e. The Kier molecular flexibility index (Phi) is 5.21. The maximum absolute atomic E-state index is 12.2. The Bertz CT molecular complexity index is 873. The van der Waals surface area contributed by atoms with E-state index < -0.39 is 0 Å². The summed E-state index contributed by atoms with van der Waals surface area (Å²) < 4.78 is 16.3. The minimum Gasteiger partial charge on any atom is -0.493 e. The van der Waals surface area contributed by atoms with Gasteiger partial charge in [-0.05, 0) is 31.5 Å². The minimum absolute atomic E-state index is 0.0838. The van der Waals surface area contributed by atoms with Crippen LogP contribution in [0.2, 0.25) is 0 Å². The molecule has 0 aliphatic heterocycles. The number of oxazole rings is 1. The number of H-pyrrole nitrogens is 1. The number of amides is 1. The number of hydrogen-bond donors (Lipinski definition) is 2. The molecule has 0 aliphatic carbocycles. The fourth-order valence-electron chi connectivity index (χ4n) is 2.37. The van der Waals surface area contributed by atoms with Crippen LogP contribution in [-0.2, 0) is 6.61 Å². The van der Waals surface area contributed by atoms with E-state index in [-0.39, 0.29) is 24.2 Å². The van der Waals surface area contributed by atoms with Gasteiger partial charge in [0.15, 0.2) is 23.8 Å². The van der Waals surface area contributed by atoms with E-state index in [0.717, 1.165) is 5.56 Å². The number of hydrogen-bond acceptors (Lipinski definition) is 6. The van der Waals surface area contributed by atoms with Crippen molar-refractivity contribution in [3.63, 3.8) is 0 Å². The second-order valence-corrected chi connectivity index (χ2v) is 5.74. The topological polar surface area (TPSA) is 102 Å². The van der Waals surface area contributed by atoms with Crippen LogP contribution in [0.25, 0.3) is 0 Å². The van der Waals surface area contributed by atoms with Gasteiger partial charge < -0.3 is 24.2 Å². The number of ether oxygens (including phenoxy) is 2. The van der Waals surface area contributed by atoms with Crippen LogP contribution >= 0.6 is 0 Å². The molecule has 136 valence electrons. The lowest BCUT2D eigenvalue weighted by molar-refractivity contribution is 0.0933. The lowest BCUT2D eigenvalue weighted by atomic mass is 10.2. The van der Waals surface area contributed by atoms with Gasteiger partial charge in [0.2, 0.25) is 5.89 Å². The summed E-state index contributed by atoms with van der Waals surface area (Å²) in [5.74, 6) is 1.81. The molecule has 26 heavy (non-hydrogen) atoms. The van der Waals surface area contributed by atoms with Gasteiger partial charge in [-0.15, -0.1) is 0 Å². The van der Waals surface area contributed by atoms with Crippen molar-refractivity contribution in [3.05, 3.63) is 59.8 Å². The molecule has 0 saturated carbocycles. The summed E-state index contributed by atoms with van der Waals surface area (Å²) in [5, 5.41) is 2.79. The summed E-state index contributed by atoms with van der Waals surface area (Å²) in [5.41, 5.74) is 1.24. The summed E-state index contributed by atoms with van der Waals surface area (Å²) in [6, 6.07) is 5.34. The molecule has 8 heteroatoms. The van der Waals surface area contributed by atoms with E-state index in [1.165, 1.54) is 6.26 Å². The number of aryl methyl sites for hydroxylation is 1. The van der Waals surface area contributed by atoms with Crippen LogP contribution in [0.15, 0.2) is 41.3 Å². The van der Waals surface area contributed by atoms with Crippen LogP contribution in [0.1, 0.15) is 40.7 Å². The molecule has 0 radical (unpaired) electrons. The molecule has 8 nitrogen and oxygen atoms in total. The van der Waals surface area contributed by atoms with Gasteiger partial charge in [0.25, 0.3) is 5.91 Å². The lowest BCUT2D eigenvalue weighted by Crippen LogP contribution is -2.27. The number of rotatable bonds is 7. The first-order valence-electron chi connectivity index (χ1n) is 8.09. The second-order valence-electron chi connectivity index (χ2n) is 5.74. The molecule has 1 aromatic carbocycles. The Hall–Kier alpha value is -3.29. The zero-order chi connectivity index (χ0) is 18.5. The van der Waals surface area contributed by atoms with Crippen LogP contribution in [0.4, 0.5) is 0 Å². The van der Waals surface area contributed by atoms with Gasteiger partial charge in [0.1, 0.15) is 12.1 Å². The molecule has 1 amide bonds. The van der Waals surface area contributed by atoms with Crippen molar-refractivity contribution in [1.82, 2.24) is 20.3 Å². The third kappa shape index (κ3) is 4.02. The predicted molar refractivity (Wildman–Crippen MR) is 93.0 cm³/mol. The molecular formula is C18H20N4O4. The van der Waals surface area contributed by atoms with Gasteiger partial charge in [-0.25, -0.2) is 9.97 Å². The second kappa shape index (κ2) is 7.73. The number of nitrogens with one attached hydrogen (secondary N) is 2. The summed E-state index contributed by atoms with van der Waals surface area (Å²) in [7, 11) is 1.58. The average molecular weight is 356 g/mol. The van der Waals surface area contributed by atoms with E-state index in [2.05, 4.69) is 20.3 Å². The molecule has 0 fully saturated rings. The number of benzene rings is 1. The van der Waals surface area contributed by atoms with Crippen LogP contribution in [-0.4, -0.2) is 28.0 Å². The number of aromatic amines is 1. The van der Waals surface area contributed by atoms with Crippen molar-refractivity contribution < 1.29 is 18.7 Å². The number of carbonyl (C=O) groups excluding carboxylic acids is 1. The highest BCUT2D eigenvalue weighted by atomic mass is 16.5. The fourth-order valence-corrected chi connectivity index (χ4v) is 2.37. The summed E-state index contributed by atoms with van der Waals surface area (Å²) in [4.78, 5) is 23.5. The van der Waals surface area contributed by atoms with E-state index in [9.17, 15) is 4.79 Å². The molecule has 0 aliphatic rings. The molecule has 0 saturated heterocycles. The Morgan fingerprint density at radius 1 is 1.38 bits per heavy atom. The van der Waals surface area contributed by atoms with E-state index in [4.69, 9.17) is 13.9 Å². The van der Waals surface area contributed by atoms with Gasteiger partial charge in [-0.3, -0.25) is 4.79 Å². The molecule has 0 bridgehead atoms. The van der Waals surface area contributed by atoms with Gasteiger partial charge >= 0.3 is 0 Å². The van der Waals surface area contributed by atoms with Crippen molar-refractivity contribution >= 4 is 5.91 Å². The number of carbonyl (C=O) groups is 1. The Morgan fingerprint density at radius 3 is 2.96 bits per heavy atom. The number of methoxy groups -OCH3 is 1. The van der Waals surface area contributed by atoms with Crippen LogP contribution < -0.4 is 14.8 Å². The number of imidazole rings is 1. The van der Waals surface area contributed by atoms with E-state index in [1.807, 2.05) is 32.0 Å². The zero-order valence-electron chi connectivity index (χ0n) is 14.8. The van der Waals surface area contributed by atoms with Crippen LogP contribution in [0.3, 0.4) is 0 Å². The smallest absolute Gasteiger partial charge is 0.273 e. The lowest BCUT2D eigenvalue weighted by Gasteiger charge is -2.10. The third-order valence-corrected chi connectivity index (χ3v) is 3.73. The van der Waals surface area contributed by atoms with E-state index in [0.29, 0.717) is 23.2 Å². The Morgan fingerprint density at radius 2 is 2.23 bits per heavy atom. The molecule has 1 atom stereocenters. The SMILES string of the molecule is COc1cc(C)ccc1OCc1nc(C(=O)N[C@@H](C)c2ncc[nH]2)co1. The van der Waals surface area contributed by atoms with E-state index >= 15 is 0 Å². The largest absolute Gasteiger partial charge is 0.493 e. The fraction of sp³-hybridized carbons (Fsp3) is 0.278. The zero-order valence-corrected chi connectivity index (χ0v) is 14.8. The molecule has 2 aromatic heterocycles. The van der Waals surface area contributed by atoms with Crippen molar-refractivity contribution in [2.45, 2.75) is 26.5 Å². The van der Waals surface area contributed by atoms with Gasteiger partial charge in [-0.1, -0.05) is 6.07 Å². The first-order valence-corrected chi connectivity index (χ1v) is 8.09. The summed E-state index contributed by atoms with van der Waals surface area (Å²) >= 11 is 0. The van der Waals surface area contributed by atoms with Crippen LogP contribution in [0, 0.1) is 6.92 Å². The molecular weight excluding hydrogens is 336 g/mol. The molecule has 3 aromatic rings. The normalized spacial score (nSPS) is 11.8. The predicted octanol–water partition coefficient (Wildman–Crippen LogP) is 2.78. The van der Waals surface area contributed by atoms with Gasteiger partial charge in [0.05, 0.1) is 13.2 Å². The van der Waals surface area contributed by atoms with Gasteiger partial charge in [-0.2, -0.15) is 0 Å². The summed E-state index contributed by atoms with van der Waals surface area (Å²) in [6.07, 6.45) is 4.63. The highest BCUT2D eigenvalue weighted by molar-refractivity contribution is 5.92. The van der Waals surface area contributed by atoms with Crippen molar-refractivity contribution in [2.24, 2.45) is 0 Å². The van der Waals surface area contributed by atoms with Crippen molar-refractivity contribution in [2.75, 3.05) is 7.11 Å². The molecule has 2 N–H and O–H groups in total. The maximum atomic E-state index is 12.2. The van der Waals surface area contributed by atoms with Gasteiger partial charge in [0, 0.05) is 12.4 Å². The molecule has 0 spiro atoms. The van der Waals surface area contributed by atoms with Crippen LogP contribution in [0.5, 0.6) is 11.5 Å². The standard InChI is InChI=1S/C18H20N4O4/c1-11-4-5-14(15(8-11)24-3)25-10-16-22-13(9-26-16)18(23)21-12(2)17-19-6-7-20-17/h4-9,12H,10H2,1-3H3,(H,19,20)(H,21,23)/t12-/m0/s1. The molecule has 0 unspecified atom stereocenters. The number of aromatic nitrogens is 3. The van der Waals surface area contributed by atoms with E-state index in [1.54, 1.807) is 19.5 Å². The average Bonchev–Trinajstić information content (AvgIpc) is 3.32. The first-order chi connectivity index (χ1) is 12.6. The van der Waals surface area contributed by atoms with Crippen molar-refractivity contribution in [3.8, 4) is 11.5 Å². The van der Waals surface area contributed by atoms with Crippen molar-refractivity contribution in [1.29, 1.82) is 0 Å². The minimum atomic E-state index is -0.350. The monoisotopic (exact) mass is 356 g/mol. The highest BCUT2D eigenvalue weighted by Crippen LogP contribution is 2.28. The molecule has 2 heterocycles. The molecule has 3 rings (SSSR count).